The molecule has 0 bridgehead atoms. The zero-order valence-electron chi connectivity index (χ0n) is 7.58. The van der Waals surface area contributed by atoms with Crippen molar-refractivity contribution in [2.45, 2.75) is 12.2 Å². The van der Waals surface area contributed by atoms with Crippen LogP contribution in [-0.2, 0) is 14.8 Å². The van der Waals surface area contributed by atoms with Crippen molar-refractivity contribution in [3.8, 4) is 0 Å². The molecule has 3 N–H and O–H groups in total. The van der Waals surface area contributed by atoms with E-state index in [9.17, 15) is 17.2 Å². The number of rotatable bonds is 8. The Morgan fingerprint density at radius 2 is 2.00 bits per heavy atom. The van der Waals surface area contributed by atoms with Gasteiger partial charge in [-0.2, -0.15) is 8.78 Å². The number of hydrogen-bond donors (Lipinski definition) is 2. The molecule has 0 atom stereocenters. The van der Waals surface area contributed by atoms with E-state index in [4.69, 9.17) is 10.5 Å². The first-order valence-electron chi connectivity index (χ1n) is 4.05. The quantitative estimate of drug-likeness (QED) is 0.552. The Morgan fingerprint density at radius 3 is 2.50 bits per heavy atom. The second kappa shape index (κ2) is 7.04. The highest BCUT2D eigenvalue weighted by Crippen LogP contribution is 2.00. The number of sulfonamides is 1. The maximum Gasteiger partial charge on any atom is 0.350 e. The van der Waals surface area contributed by atoms with Gasteiger partial charge < -0.3 is 10.5 Å². The van der Waals surface area contributed by atoms with Crippen LogP contribution < -0.4 is 10.5 Å². The Hall–Kier alpha value is -0.310. The molecule has 0 radical (unpaired) electrons. The van der Waals surface area contributed by atoms with E-state index in [0.29, 0.717) is 26.2 Å². The van der Waals surface area contributed by atoms with Gasteiger partial charge in [0.25, 0.3) is 10.0 Å². The fourth-order valence-corrected chi connectivity index (χ4v) is 1.19. The summed E-state index contributed by atoms with van der Waals surface area (Å²) in [4.78, 5) is 0. The van der Waals surface area contributed by atoms with Gasteiger partial charge in [0, 0.05) is 19.7 Å². The maximum absolute atomic E-state index is 11.7. The van der Waals surface area contributed by atoms with Crippen LogP contribution in [-0.4, -0.2) is 40.5 Å². The molecule has 0 unspecified atom stereocenters. The van der Waals surface area contributed by atoms with Gasteiger partial charge in [-0.3, -0.25) is 0 Å². The lowest BCUT2D eigenvalue weighted by atomic mass is 10.5. The number of hydrogen-bond acceptors (Lipinski definition) is 4. The second-order valence-electron chi connectivity index (χ2n) is 2.45. The molecular formula is C6H14F2N2O3S. The van der Waals surface area contributed by atoms with Crippen molar-refractivity contribution >= 4 is 10.0 Å². The standard InChI is InChI=1S/C6H14F2N2O3S/c7-6(8)14(11,12)10-3-1-4-13-5-2-9/h6,10H,1-5,9H2. The molecule has 0 aromatic rings. The third kappa shape index (κ3) is 6.19. The van der Waals surface area contributed by atoms with Crippen LogP contribution in [0.4, 0.5) is 8.78 Å². The third-order valence-corrected chi connectivity index (χ3v) is 2.34. The van der Waals surface area contributed by atoms with Crippen molar-refractivity contribution in [2.75, 3.05) is 26.3 Å². The average molecular weight is 232 g/mol. The predicted octanol–water partition coefficient (Wildman–Crippen LogP) is -0.506. The number of ether oxygens (including phenoxy) is 1. The Bertz CT molecular complexity index is 233. The molecule has 14 heavy (non-hydrogen) atoms. The predicted molar refractivity (Wildman–Crippen MR) is 47.4 cm³/mol. The van der Waals surface area contributed by atoms with Gasteiger partial charge in [0.1, 0.15) is 0 Å². The van der Waals surface area contributed by atoms with Crippen LogP contribution >= 0.6 is 0 Å². The van der Waals surface area contributed by atoms with Crippen LogP contribution in [0.3, 0.4) is 0 Å². The summed E-state index contributed by atoms with van der Waals surface area (Å²) >= 11 is 0. The van der Waals surface area contributed by atoms with Crippen molar-refractivity contribution in [3.05, 3.63) is 0 Å². The van der Waals surface area contributed by atoms with Crippen LogP contribution in [0.25, 0.3) is 0 Å². The average Bonchev–Trinajstić information content (AvgIpc) is 2.10. The molecule has 0 spiro atoms. The lowest BCUT2D eigenvalue weighted by Gasteiger charge is -2.05. The molecule has 86 valence electrons. The largest absolute Gasteiger partial charge is 0.380 e. The van der Waals surface area contributed by atoms with E-state index < -0.39 is 15.8 Å². The molecule has 0 amide bonds. The number of alkyl halides is 2. The van der Waals surface area contributed by atoms with Gasteiger partial charge in [-0.15, -0.1) is 0 Å². The highest BCUT2D eigenvalue weighted by Gasteiger charge is 2.22. The monoisotopic (exact) mass is 232 g/mol. The van der Waals surface area contributed by atoms with Crippen molar-refractivity contribution in [1.82, 2.24) is 4.72 Å². The van der Waals surface area contributed by atoms with Gasteiger partial charge in [0.05, 0.1) is 6.61 Å². The Morgan fingerprint density at radius 1 is 1.36 bits per heavy atom. The summed E-state index contributed by atoms with van der Waals surface area (Å²) in [6.45, 7) is 0.991. The van der Waals surface area contributed by atoms with Gasteiger partial charge in [-0.25, -0.2) is 13.1 Å². The molecule has 0 saturated heterocycles. The molecule has 0 aromatic heterocycles. The summed E-state index contributed by atoms with van der Waals surface area (Å²) < 4.78 is 51.1. The molecular weight excluding hydrogens is 218 g/mol. The molecule has 0 rings (SSSR count). The Labute approximate surface area is 81.7 Å². The molecule has 8 heteroatoms. The van der Waals surface area contributed by atoms with Gasteiger partial charge >= 0.3 is 5.76 Å². The third-order valence-electron chi connectivity index (χ3n) is 1.27. The minimum atomic E-state index is -4.45. The topological polar surface area (TPSA) is 81.4 Å². The molecule has 0 aromatic carbocycles. The van der Waals surface area contributed by atoms with Gasteiger partial charge in [0.15, 0.2) is 0 Å². The lowest BCUT2D eigenvalue weighted by Crippen LogP contribution is -2.30. The summed E-state index contributed by atoms with van der Waals surface area (Å²) in [5.41, 5.74) is 5.12. The highest BCUT2D eigenvalue weighted by atomic mass is 32.2. The molecule has 0 fully saturated rings. The van der Waals surface area contributed by atoms with Crippen molar-refractivity contribution in [2.24, 2.45) is 5.73 Å². The Kier molecular flexibility index (Phi) is 6.89. The summed E-state index contributed by atoms with van der Waals surface area (Å²) in [5, 5.41) is 0. The SMILES string of the molecule is NCCOCCCNS(=O)(=O)C(F)F. The van der Waals surface area contributed by atoms with Gasteiger partial charge in [-0.1, -0.05) is 0 Å². The normalized spacial score (nSPS) is 12.3. The van der Waals surface area contributed by atoms with Gasteiger partial charge in [-0.05, 0) is 6.42 Å². The van der Waals surface area contributed by atoms with Gasteiger partial charge in [0.2, 0.25) is 0 Å². The summed E-state index contributed by atoms with van der Waals surface area (Å²) in [7, 11) is -4.45. The zero-order chi connectivity index (χ0) is 11.0. The van der Waals surface area contributed by atoms with E-state index in [1.54, 1.807) is 4.72 Å². The van der Waals surface area contributed by atoms with Crippen LogP contribution in [0.5, 0.6) is 0 Å². The van der Waals surface area contributed by atoms with Crippen LogP contribution in [0.2, 0.25) is 0 Å². The van der Waals surface area contributed by atoms with Crippen molar-refractivity contribution in [1.29, 1.82) is 0 Å². The smallest absolute Gasteiger partial charge is 0.350 e. The molecule has 0 aliphatic rings. The minimum Gasteiger partial charge on any atom is -0.380 e. The lowest BCUT2D eigenvalue weighted by molar-refractivity contribution is 0.139. The first kappa shape index (κ1) is 13.7. The number of nitrogens with one attached hydrogen (secondary N) is 1. The maximum atomic E-state index is 11.7. The molecule has 0 aliphatic carbocycles. The van der Waals surface area contributed by atoms with E-state index >= 15 is 0 Å². The van der Waals surface area contributed by atoms with E-state index in [2.05, 4.69) is 0 Å². The summed E-state index contributed by atoms with van der Waals surface area (Å²) in [6, 6.07) is 0. The number of halogens is 2. The second-order valence-corrected chi connectivity index (χ2v) is 4.19. The van der Waals surface area contributed by atoms with Crippen LogP contribution in [0, 0.1) is 0 Å². The molecule has 0 aliphatic heterocycles. The van der Waals surface area contributed by atoms with Crippen molar-refractivity contribution < 1.29 is 21.9 Å². The fourth-order valence-electron chi connectivity index (χ4n) is 0.637. The highest BCUT2D eigenvalue weighted by molar-refractivity contribution is 7.89. The van der Waals surface area contributed by atoms with Crippen LogP contribution in [0.1, 0.15) is 6.42 Å². The summed E-state index contributed by atoms with van der Waals surface area (Å²) in [5.74, 6) is -3.38. The number of nitrogens with two attached hydrogens (primary N) is 1. The fraction of sp³-hybridized carbons (Fsp3) is 1.00. The molecule has 0 saturated carbocycles. The first-order valence-corrected chi connectivity index (χ1v) is 5.60. The van der Waals surface area contributed by atoms with Crippen molar-refractivity contribution in [3.63, 3.8) is 0 Å². The van der Waals surface area contributed by atoms with E-state index in [1.807, 2.05) is 0 Å². The van der Waals surface area contributed by atoms with E-state index in [-0.39, 0.29) is 6.54 Å². The minimum absolute atomic E-state index is 0.0583. The zero-order valence-corrected chi connectivity index (χ0v) is 8.40. The first-order chi connectivity index (χ1) is 6.50. The summed E-state index contributed by atoms with van der Waals surface area (Å²) in [6.07, 6.45) is 0.339. The van der Waals surface area contributed by atoms with E-state index in [1.165, 1.54) is 0 Å². The van der Waals surface area contributed by atoms with Crippen LogP contribution in [0.15, 0.2) is 0 Å². The van der Waals surface area contributed by atoms with E-state index in [0.717, 1.165) is 0 Å². The molecule has 0 heterocycles. The molecule has 5 nitrogen and oxygen atoms in total. The Balaban J connectivity index is 3.46.